The highest BCUT2D eigenvalue weighted by molar-refractivity contribution is 6.38. The average molecular weight is 425 g/mol. The van der Waals surface area contributed by atoms with E-state index in [0.29, 0.717) is 6.42 Å². The van der Waals surface area contributed by atoms with Gasteiger partial charge in [0.25, 0.3) is 11.8 Å². The van der Waals surface area contributed by atoms with E-state index in [4.69, 9.17) is 17.3 Å². The predicted molar refractivity (Wildman–Crippen MR) is 103 cm³/mol. The van der Waals surface area contributed by atoms with Gasteiger partial charge in [0, 0.05) is 17.0 Å². The number of benzene rings is 1. The summed E-state index contributed by atoms with van der Waals surface area (Å²) >= 11 is 5.94. The summed E-state index contributed by atoms with van der Waals surface area (Å²) in [5, 5.41) is 7.69. The van der Waals surface area contributed by atoms with Crippen LogP contribution in [0.1, 0.15) is 30.1 Å². The smallest absolute Gasteiger partial charge is 0.411 e. The van der Waals surface area contributed by atoms with Crippen molar-refractivity contribution in [3.63, 3.8) is 0 Å². The van der Waals surface area contributed by atoms with Crippen molar-refractivity contribution in [3.05, 3.63) is 28.8 Å². The largest absolute Gasteiger partial charge is 0.453 e. The van der Waals surface area contributed by atoms with Gasteiger partial charge in [0.05, 0.1) is 24.4 Å². The van der Waals surface area contributed by atoms with E-state index in [1.54, 1.807) is 6.92 Å². The second-order valence-corrected chi connectivity index (χ2v) is 7.08. The first-order valence-electron chi connectivity index (χ1n) is 8.71. The van der Waals surface area contributed by atoms with E-state index < -0.39 is 35.7 Å². The molecule has 2 rings (SSSR count). The molecule has 1 fully saturated rings. The third-order valence-corrected chi connectivity index (χ3v) is 4.67. The lowest BCUT2D eigenvalue weighted by Gasteiger charge is -2.20. The molecule has 1 saturated heterocycles. The number of carbonyl (C=O) groups is 5. The molecule has 1 aromatic carbocycles. The summed E-state index contributed by atoms with van der Waals surface area (Å²) in [4.78, 5) is 59.9. The number of anilines is 1. The van der Waals surface area contributed by atoms with Crippen LogP contribution >= 0.6 is 11.6 Å². The van der Waals surface area contributed by atoms with E-state index >= 15 is 0 Å². The Morgan fingerprint density at radius 1 is 1.34 bits per heavy atom. The third-order valence-electron chi connectivity index (χ3n) is 4.43. The minimum Gasteiger partial charge on any atom is -0.453 e. The number of ether oxygens (including phenoxy) is 1. The maximum Gasteiger partial charge on any atom is 0.411 e. The minimum atomic E-state index is -1.31. The number of hydrogen-bond donors (Lipinski definition) is 4. The topological polar surface area (TPSA) is 157 Å². The molecule has 5 N–H and O–H groups in total. The first-order chi connectivity index (χ1) is 13.6. The molecule has 4 amide bonds. The quantitative estimate of drug-likeness (QED) is 0.469. The maximum absolute atomic E-state index is 12.8. The molecule has 0 saturated carbocycles. The summed E-state index contributed by atoms with van der Waals surface area (Å²) < 4.78 is 4.51. The van der Waals surface area contributed by atoms with Crippen molar-refractivity contribution in [1.29, 1.82) is 0 Å². The van der Waals surface area contributed by atoms with E-state index in [9.17, 15) is 24.0 Å². The van der Waals surface area contributed by atoms with E-state index in [1.807, 2.05) is 0 Å². The molecule has 1 aliphatic rings. The summed E-state index contributed by atoms with van der Waals surface area (Å²) in [6.07, 6.45) is -0.462. The third kappa shape index (κ3) is 5.67. The van der Waals surface area contributed by atoms with Gasteiger partial charge < -0.3 is 21.1 Å². The standard InChI is InChI=1S/C18H21ClN4O6/c1-8-5-9(16(26)21-8)6-13(14(24)15(20)25)22-17(27)11-7-10(19)3-4-12(11)23-18(28)29-2/h3-4,7-9,13H,5-6H2,1-2H3,(H2,20,25)(H,21,26)(H,22,27)(H,23,28)/t8-,9+,13+/m1/s1. The van der Waals surface area contributed by atoms with Crippen molar-refractivity contribution in [2.24, 2.45) is 11.7 Å². The van der Waals surface area contributed by atoms with Gasteiger partial charge in [-0.25, -0.2) is 4.79 Å². The van der Waals surface area contributed by atoms with Gasteiger partial charge in [-0.1, -0.05) is 11.6 Å². The van der Waals surface area contributed by atoms with Gasteiger partial charge in [-0.05, 0) is 38.0 Å². The lowest BCUT2D eigenvalue weighted by atomic mass is 9.94. The number of hydrogen-bond acceptors (Lipinski definition) is 6. The highest BCUT2D eigenvalue weighted by atomic mass is 35.5. The number of rotatable bonds is 7. The van der Waals surface area contributed by atoms with Crippen LogP contribution in [0.25, 0.3) is 0 Å². The molecule has 11 heteroatoms. The Balaban J connectivity index is 2.26. The van der Waals surface area contributed by atoms with Gasteiger partial charge in [-0.3, -0.25) is 24.5 Å². The molecule has 156 valence electrons. The molecule has 1 aliphatic heterocycles. The van der Waals surface area contributed by atoms with Crippen molar-refractivity contribution in [2.75, 3.05) is 12.4 Å². The number of primary amides is 1. The fourth-order valence-corrected chi connectivity index (χ4v) is 3.23. The molecular formula is C18H21ClN4O6. The van der Waals surface area contributed by atoms with Gasteiger partial charge in [0.2, 0.25) is 11.7 Å². The fraction of sp³-hybridized carbons (Fsp3) is 0.389. The number of amides is 4. The molecule has 0 spiro atoms. The molecule has 0 bridgehead atoms. The van der Waals surface area contributed by atoms with Crippen LogP contribution in [0.2, 0.25) is 5.02 Å². The first kappa shape index (κ1) is 22.2. The molecule has 0 aromatic heterocycles. The van der Waals surface area contributed by atoms with Gasteiger partial charge in [-0.2, -0.15) is 0 Å². The van der Waals surface area contributed by atoms with Gasteiger partial charge >= 0.3 is 6.09 Å². The summed E-state index contributed by atoms with van der Waals surface area (Å²) in [6.45, 7) is 1.80. The molecule has 0 radical (unpaired) electrons. The summed E-state index contributed by atoms with van der Waals surface area (Å²) in [7, 11) is 1.15. The zero-order valence-electron chi connectivity index (χ0n) is 15.8. The van der Waals surface area contributed by atoms with Crippen LogP contribution in [0.4, 0.5) is 10.5 Å². The Morgan fingerprint density at radius 3 is 2.59 bits per heavy atom. The van der Waals surface area contributed by atoms with E-state index in [0.717, 1.165) is 7.11 Å². The minimum absolute atomic E-state index is 0.0607. The number of carbonyl (C=O) groups excluding carboxylic acids is 5. The Morgan fingerprint density at radius 2 is 2.03 bits per heavy atom. The van der Waals surface area contributed by atoms with Crippen LogP contribution in [0.5, 0.6) is 0 Å². The summed E-state index contributed by atoms with van der Waals surface area (Å²) in [5.74, 6) is -3.89. The Labute approximate surface area is 171 Å². The number of halogens is 1. The van der Waals surface area contributed by atoms with Crippen LogP contribution in [0.15, 0.2) is 18.2 Å². The van der Waals surface area contributed by atoms with E-state index in [2.05, 4.69) is 20.7 Å². The molecule has 0 unspecified atom stereocenters. The van der Waals surface area contributed by atoms with Gasteiger partial charge in [-0.15, -0.1) is 0 Å². The van der Waals surface area contributed by atoms with Crippen LogP contribution in [-0.2, 0) is 19.1 Å². The van der Waals surface area contributed by atoms with Crippen molar-refractivity contribution < 1.29 is 28.7 Å². The normalized spacial score (nSPS) is 19.1. The van der Waals surface area contributed by atoms with Crippen molar-refractivity contribution >= 4 is 46.9 Å². The Hall–Kier alpha value is -3.14. The van der Waals surface area contributed by atoms with Crippen molar-refractivity contribution in [1.82, 2.24) is 10.6 Å². The number of Topliss-reactive ketones (excluding diaryl/α,β-unsaturated/α-hetero) is 1. The van der Waals surface area contributed by atoms with Gasteiger partial charge in [0.1, 0.15) is 0 Å². The lowest BCUT2D eigenvalue weighted by Crippen LogP contribution is -2.47. The molecular weight excluding hydrogens is 404 g/mol. The second kappa shape index (κ2) is 9.37. The van der Waals surface area contributed by atoms with Crippen LogP contribution in [-0.4, -0.2) is 48.8 Å². The first-order valence-corrected chi connectivity index (χ1v) is 9.09. The fourth-order valence-electron chi connectivity index (χ4n) is 3.05. The van der Waals surface area contributed by atoms with Crippen molar-refractivity contribution in [2.45, 2.75) is 31.8 Å². The maximum atomic E-state index is 12.8. The van der Waals surface area contributed by atoms with Gasteiger partial charge in [0.15, 0.2) is 0 Å². The zero-order chi connectivity index (χ0) is 21.7. The highest BCUT2D eigenvalue weighted by Gasteiger charge is 2.36. The van der Waals surface area contributed by atoms with Crippen molar-refractivity contribution in [3.8, 4) is 0 Å². The molecule has 29 heavy (non-hydrogen) atoms. The highest BCUT2D eigenvalue weighted by Crippen LogP contribution is 2.23. The van der Waals surface area contributed by atoms with E-state index in [1.165, 1.54) is 18.2 Å². The zero-order valence-corrected chi connectivity index (χ0v) is 16.5. The Bertz CT molecular complexity index is 859. The number of nitrogens with two attached hydrogens (primary N) is 1. The van der Waals surface area contributed by atoms with Crippen LogP contribution < -0.4 is 21.7 Å². The average Bonchev–Trinajstić information content (AvgIpc) is 2.98. The molecule has 1 heterocycles. The number of nitrogens with one attached hydrogen (secondary N) is 3. The SMILES string of the molecule is COC(=O)Nc1ccc(Cl)cc1C(=O)N[C@@H](C[C@@H]1C[C@@H](C)NC1=O)C(=O)C(N)=O. The van der Waals surface area contributed by atoms with Crippen LogP contribution in [0, 0.1) is 5.92 Å². The lowest BCUT2D eigenvalue weighted by molar-refractivity contribution is -0.137. The number of methoxy groups -OCH3 is 1. The Kier molecular flexibility index (Phi) is 7.16. The molecule has 1 aromatic rings. The summed E-state index contributed by atoms with van der Waals surface area (Å²) in [6, 6.07) is 2.70. The monoisotopic (exact) mass is 424 g/mol. The molecule has 0 aliphatic carbocycles. The molecule has 10 nitrogen and oxygen atoms in total. The summed E-state index contributed by atoms with van der Waals surface area (Å²) in [5.41, 5.74) is 5.11. The van der Waals surface area contributed by atoms with E-state index in [-0.39, 0.29) is 34.6 Å². The molecule has 3 atom stereocenters. The second-order valence-electron chi connectivity index (χ2n) is 6.64. The predicted octanol–water partition coefficient (Wildman–Crippen LogP) is 0.586. The van der Waals surface area contributed by atoms with Crippen LogP contribution in [0.3, 0.4) is 0 Å². The number of ketones is 1.